The van der Waals surface area contributed by atoms with Crippen molar-refractivity contribution in [2.45, 2.75) is 0 Å². The Kier molecular flexibility index (Phi) is 5.68. The highest BCUT2D eigenvalue weighted by Crippen LogP contribution is 2.35. The van der Waals surface area contributed by atoms with Crippen molar-refractivity contribution in [3.05, 3.63) is 32.4 Å². The predicted molar refractivity (Wildman–Crippen MR) is 75.4 cm³/mol. The largest absolute Gasteiger partial charge is 0.494 e. The highest BCUT2D eigenvalue weighted by molar-refractivity contribution is 9.11. The molecule has 0 bridgehead atoms. The minimum absolute atomic E-state index is 0.126. The fourth-order valence-electron chi connectivity index (χ4n) is 1.31. The number of methoxy groups -OCH3 is 3. The van der Waals surface area contributed by atoms with Crippen LogP contribution in [0.2, 0.25) is 0 Å². The third-order valence-corrected chi connectivity index (χ3v) is 3.31. The molecule has 0 amide bonds. The minimum atomic E-state index is -0.527. The first-order valence-electron chi connectivity index (χ1n) is 4.90. The molecule has 6 heteroatoms. The number of carbonyl (C=O) groups excluding carboxylic acids is 1. The van der Waals surface area contributed by atoms with Crippen LogP contribution in [0.4, 0.5) is 0 Å². The summed E-state index contributed by atoms with van der Waals surface area (Å²) in [7, 11) is 4.29. The van der Waals surface area contributed by atoms with Crippen molar-refractivity contribution in [3.63, 3.8) is 0 Å². The van der Waals surface area contributed by atoms with Crippen LogP contribution in [0.1, 0.15) is 5.56 Å². The van der Waals surface area contributed by atoms with Gasteiger partial charge in [-0.1, -0.05) is 0 Å². The summed E-state index contributed by atoms with van der Waals surface area (Å²) in [5.41, 5.74) is 0.775. The van der Waals surface area contributed by atoms with E-state index in [1.165, 1.54) is 14.2 Å². The van der Waals surface area contributed by atoms with E-state index in [9.17, 15) is 4.79 Å². The van der Waals surface area contributed by atoms with E-state index in [0.717, 1.165) is 14.5 Å². The predicted octanol–water partition coefficient (Wildman–Crippen LogP) is 3.38. The molecule has 0 saturated carbocycles. The zero-order valence-corrected chi connectivity index (χ0v) is 13.3. The molecule has 0 aliphatic heterocycles. The van der Waals surface area contributed by atoms with Crippen LogP contribution in [0, 0.1) is 0 Å². The van der Waals surface area contributed by atoms with Gasteiger partial charge < -0.3 is 14.2 Å². The molecule has 0 fully saturated rings. The summed E-state index contributed by atoms with van der Waals surface area (Å²) in [6.07, 6.45) is 1.58. The van der Waals surface area contributed by atoms with Crippen LogP contribution in [-0.4, -0.2) is 27.3 Å². The lowest BCUT2D eigenvalue weighted by atomic mass is 10.2. The first-order valence-corrected chi connectivity index (χ1v) is 6.49. The molecule has 0 N–H and O–H groups in total. The zero-order valence-electron chi connectivity index (χ0n) is 10.1. The van der Waals surface area contributed by atoms with Gasteiger partial charge in [0.1, 0.15) is 5.75 Å². The van der Waals surface area contributed by atoms with Crippen molar-refractivity contribution in [1.29, 1.82) is 0 Å². The third kappa shape index (κ3) is 3.49. The lowest BCUT2D eigenvalue weighted by Crippen LogP contribution is -2.06. The van der Waals surface area contributed by atoms with E-state index in [-0.39, 0.29) is 5.76 Å². The van der Waals surface area contributed by atoms with E-state index in [1.54, 1.807) is 13.2 Å². The van der Waals surface area contributed by atoms with Crippen molar-refractivity contribution in [2.24, 2.45) is 0 Å². The van der Waals surface area contributed by atoms with E-state index in [4.69, 9.17) is 9.47 Å². The number of halogens is 2. The summed E-state index contributed by atoms with van der Waals surface area (Å²) in [5, 5.41) is 0. The van der Waals surface area contributed by atoms with Crippen LogP contribution in [0.3, 0.4) is 0 Å². The Morgan fingerprint density at radius 3 is 2.06 bits per heavy atom. The molecule has 0 aromatic heterocycles. The van der Waals surface area contributed by atoms with Gasteiger partial charge in [-0.15, -0.1) is 0 Å². The molecule has 0 unspecified atom stereocenters. The Morgan fingerprint density at radius 1 is 1.11 bits per heavy atom. The summed E-state index contributed by atoms with van der Waals surface area (Å²) >= 11 is 6.77. The molecule has 0 spiro atoms. The highest BCUT2D eigenvalue weighted by atomic mass is 79.9. The minimum Gasteiger partial charge on any atom is -0.494 e. The van der Waals surface area contributed by atoms with Gasteiger partial charge in [0.15, 0.2) is 0 Å². The van der Waals surface area contributed by atoms with Gasteiger partial charge in [-0.2, -0.15) is 0 Å². The Balaban J connectivity index is 3.18. The fourth-order valence-corrected chi connectivity index (χ4v) is 2.86. The van der Waals surface area contributed by atoms with Gasteiger partial charge >= 0.3 is 5.97 Å². The van der Waals surface area contributed by atoms with Crippen LogP contribution < -0.4 is 4.74 Å². The molecule has 1 aromatic carbocycles. The third-order valence-electron chi connectivity index (χ3n) is 2.13. The highest BCUT2D eigenvalue weighted by Gasteiger charge is 2.12. The monoisotopic (exact) mass is 378 g/mol. The van der Waals surface area contributed by atoms with Gasteiger partial charge in [-0.3, -0.25) is 0 Å². The number of esters is 1. The van der Waals surface area contributed by atoms with Crippen molar-refractivity contribution < 1.29 is 19.0 Å². The number of ether oxygens (including phenoxy) is 3. The first-order chi connectivity index (χ1) is 8.53. The Labute approximate surface area is 122 Å². The maximum Gasteiger partial charge on any atom is 0.373 e. The molecule has 0 heterocycles. The van der Waals surface area contributed by atoms with Crippen molar-refractivity contribution in [1.82, 2.24) is 0 Å². The Morgan fingerprint density at radius 2 is 1.67 bits per heavy atom. The summed E-state index contributed by atoms with van der Waals surface area (Å²) in [4.78, 5) is 11.4. The molecule has 1 aromatic rings. The van der Waals surface area contributed by atoms with E-state index in [2.05, 4.69) is 36.6 Å². The number of carbonyl (C=O) groups is 1. The number of hydrogen-bond donors (Lipinski definition) is 0. The molecular weight excluding hydrogens is 368 g/mol. The Hall–Kier alpha value is -1.01. The topological polar surface area (TPSA) is 44.8 Å². The van der Waals surface area contributed by atoms with Crippen molar-refractivity contribution in [3.8, 4) is 5.75 Å². The van der Waals surface area contributed by atoms with E-state index in [0.29, 0.717) is 5.75 Å². The lowest BCUT2D eigenvalue weighted by Gasteiger charge is -2.08. The molecule has 0 aliphatic carbocycles. The van der Waals surface area contributed by atoms with Crippen LogP contribution in [0.15, 0.2) is 26.8 Å². The van der Waals surface area contributed by atoms with Gasteiger partial charge in [-0.25, -0.2) is 4.79 Å². The van der Waals surface area contributed by atoms with E-state index >= 15 is 0 Å². The number of rotatable bonds is 4. The van der Waals surface area contributed by atoms with Gasteiger partial charge in [0.2, 0.25) is 5.76 Å². The summed E-state index contributed by atoms with van der Waals surface area (Å²) in [6.45, 7) is 0. The molecular formula is C12H12Br2O4. The van der Waals surface area contributed by atoms with Gasteiger partial charge in [0, 0.05) is 0 Å². The van der Waals surface area contributed by atoms with Gasteiger partial charge in [0.05, 0.1) is 30.3 Å². The second-order valence-corrected chi connectivity index (χ2v) is 4.93. The quantitative estimate of drug-likeness (QED) is 0.457. The molecule has 4 nitrogen and oxygen atoms in total. The molecule has 0 atom stereocenters. The SMILES string of the molecule is COC(=O)/C(=C/c1cc(Br)c(OC)c(Br)c1)OC. The lowest BCUT2D eigenvalue weighted by molar-refractivity contribution is -0.139. The van der Waals surface area contributed by atoms with E-state index < -0.39 is 5.97 Å². The second kappa shape index (κ2) is 6.80. The molecule has 0 aliphatic rings. The maximum absolute atomic E-state index is 11.4. The number of benzene rings is 1. The molecule has 18 heavy (non-hydrogen) atoms. The van der Waals surface area contributed by atoms with Crippen molar-refractivity contribution in [2.75, 3.05) is 21.3 Å². The summed E-state index contributed by atoms with van der Waals surface area (Å²) in [6, 6.07) is 3.62. The van der Waals surface area contributed by atoms with Gasteiger partial charge in [-0.05, 0) is 55.6 Å². The number of hydrogen-bond acceptors (Lipinski definition) is 4. The fraction of sp³-hybridized carbons (Fsp3) is 0.250. The maximum atomic E-state index is 11.4. The smallest absolute Gasteiger partial charge is 0.373 e. The molecule has 0 radical (unpaired) electrons. The Bertz CT molecular complexity index is 460. The van der Waals surface area contributed by atoms with Crippen LogP contribution >= 0.6 is 31.9 Å². The molecule has 1 rings (SSSR count). The zero-order chi connectivity index (χ0) is 13.7. The normalized spacial score (nSPS) is 11.1. The summed E-state index contributed by atoms with van der Waals surface area (Å²) in [5.74, 6) is 0.284. The molecule has 98 valence electrons. The first kappa shape index (κ1) is 15.0. The average Bonchev–Trinajstić information content (AvgIpc) is 2.34. The van der Waals surface area contributed by atoms with Crippen LogP contribution in [0.5, 0.6) is 5.75 Å². The van der Waals surface area contributed by atoms with Crippen molar-refractivity contribution >= 4 is 43.9 Å². The standard InChI is InChI=1S/C12H12Br2O4/c1-16-10(12(15)18-3)6-7-4-8(13)11(17-2)9(14)5-7/h4-6H,1-3H3/b10-6-. The average molecular weight is 380 g/mol. The molecule has 0 saturated heterocycles. The summed E-state index contributed by atoms with van der Waals surface area (Å²) < 4.78 is 16.3. The second-order valence-electron chi connectivity index (χ2n) is 3.22. The van der Waals surface area contributed by atoms with E-state index in [1.807, 2.05) is 12.1 Å². The van der Waals surface area contributed by atoms with Crippen LogP contribution in [-0.2, 0) is 14.3 Å². The van der Waals surface area contributed by atoms with Crippen LogP contribution in [0.25, 0.3) is 6.08 Å². The van der Waals surface area contributed by atoms with Gasteiger partial charge in [0.25, 0.3) is 0 Å².